The number of piperidine rings is 1. The molecule has 1 atom stereocenters. The average Bonchev–Trinajstić information content (AvgIpc) is 3.75. The SMILES string of the molecule is C[C@@H]1CN(c2ccc(C(=O)NS(=O)(=O)c3ccc(NCC4CCN(C5COC5)CC4)c([N+](=O)[O-])c3)c(Oc3cnc4[nH]ccc4c3)c2)CCN1CC1=C(c2ccc(Cl)cc2)CC(C)(C)CC1. The van der Waals surface area contributed by atoms with Crippen LogP contribution in [0.1, 0.15) is 68.8 Å². The number of fused-ring (bicyclic) bond motifs is 1. The van der Waals surface area contributed by atoms with Crippen molar-refractivity contribution in [1.82, 2.24) is 24.5 Å². The Morgan fingerprint density at radius 1 is 1.03 bits per heavy atom. The van der Waals surface area contributed by atoms with Gasteiger partial charge in [0.05, 0.1) is 40.8 Å². The third-order valence-electron chi connectivity index (χ3n) is 13.8. The number of pyridine rings is 1. The number of carbonyl (C=O) groups is 1. The van der Waals surface area contributed by atoms with E-state index in [1.54, 1.807) is 30.5 Å². The molecule has 4 aliphatic rings. The fourth-order valence-corrected chi connectivity index (χ4v) is 10.8. The summed E-state index contributed by atoms with van der Waals surface area (Å²) >= 11 is 6.27. The Morgan fingerprint density at radius 2 is 1.82 bits per heavy atom. The topological polar surface area (TPSA) is 175 Å². The molecule has 0 radical (unpaired) electrons. The first kappa shape index (κ1) is 45.6. The van der Waals surface area contributed by atoms with Gasteiger partial charge in [0.2, 0.25) is 0 Å². The van der Waals surface area contributed by atoms with E-state index in [2.05, 4.69) is 67.6 Å². The molecule has 0 unspecified atom stereocenters. The van der Waals surface area contributed by atoms with Crippen LogP contribution in [0.3, 0.4) is 0 Å². The molecule has 1 aliphatic carbocycles. The molecule has 0 spiro atoms. The summed E-state index contributed by atoms with van der Waals surface area (Å²) in [5, 5.41) is 17.0. The fourth-order valence-electron chi connectivity index (χ4n) is 9.68. The van der Waals surface area contributed by atoms with Gasteiger partial charge in [-0.15, -0.1) is 0 Å². The van der Waals surface area contributed by atoms with Gasteiger partial charge in [0.1, 0.15) is 22.8 Å². The molecule has 5 heterocycles. The van der Waals surface area contributed by atoms with Gasteiger partial charge in [0.25, 0.3) is 21.6 Å². The van der Waals surface area contributed by atoms with Gasteiger partial charge >= 0.3 is 0 Å². The highest BCUT2D eigenvalue weighted by Crippen LogP contribution is 2.44. The third kappa shape index (κ3) is 10.2. The summed E-state index contributed by atoms with van der Waals surface area (Å²) in [4.78, 5) is 40.0. The number of hydrogen-bond donors (Lipinski definition) is 3. The third-order valence-corrected chi connectivity index (χ3v) is 15.4. The molecule has 1 amide bonds. The van der Waals surface area contributed by atoms with Gasteiger partial charge in [-0.25, -0.2) is 18.1 Å². The van der Waals surface area contributed by atoms with E-state index in [0.717, 1.165) is 100 Å². The van der Waals surface area contributed by atoms with Crippen LogP contribution in [0.25, 0.3) is 16.6 Å². The number of halogens is 1. The van der Waals surface area contributed by atoms with Crippen molar-refractivity contribution in [3.63, 3.8) is 0 Å². The van der Waals surface area contributed by atoms with Gasteiger partial charge in [-0.1, -0.05) is 43.2 Å². The molecule has 3 aliphatic heterocycles. The van der Waals surface area contributed by atoms with Crippen LogP contribution >= 0.6 is 11.6 Å². The number of nitrogens with one attached hydrogen (secondary N) is 3. The van der Waals surface area contributed by atoms with Crippen molar-refractivity contribution in [2.45, 2.75) is 69.9 Å². The van der Waals surface area contributed by atoms with Crippen LogP contribution in [0.4, 0.5) is 17.1 Å². The molecule has 9 rings (SSSR count). The average molecular weight is 938 g/mol. The van der Waals surface area contributed by atoms with E-state index in [1.165, 1.54) is 35.0 Å². The van der Waals surface area contributed by atoms with Crippen molar-refractivity contribution in [2.24, 2.45) is 11.3 Å². The van der Waals surface area contributed by atoms with E-state index in [0.29, 0.717) is 36.4 Å². The maximum Gasteiger partial charge on any atom is 0.293 e. The second-order valence-corrected chi connectivity index (χ2v) is 21.1. The van der Waals surface area contributed by atoms with Gasteiger partial charge in [0, 0.05) is 73.2 Å². The van der Waals surface area contributed by atoms with Gasteiger partial charge in [-0.2, -0.15) is 0 Å². The molecule has 3 fully saturated rings. The van der Waals surface area contributed by atoms with Crippen molar-refractivity contribution in [2.75, 3.05) is 69.2 Å². The predicted molar refractivity (Wildman–Crippen MR) is 257 cm³/mol. The molecule has 348 valence electrons. The Morgan fingerprint density at radius 3 is 2.55 bits per heavy atom. The number of anilines is 2. The zero-order valence-electron chi connectivity index (χ0n) is 37.6. The molecular weight excluding hydrogens is 880 g/mol. The normalized spacial score (nSPS) is 20.0. The van der Waals surface area contributed by atoms with E-state index in [9.17, 15) is 23.3 Å². The summed E-state index contributed by atoms with van der Waals surface area (Å²) in [5.41, 5.74) is 5.58. The number of amides is 1. The van der Waals surface area contributed by atoms with Crippen LogP contribution < -0.4 is 19.7 Å². The molecule has 5 aromatic rings. The maximum atomic E-state index is 14.0. The van der Waals surface area contributed by atoms with Crippen LogP contribution in [0.5, 0.6) is 11.5 Å². The zero-order chi connectivity index (χ0) is 46.2. The van der Waals surface area contributed by atoms with E-state index in [1.807, 2.05) is 18.2 Å². The van der Waals surface area contributed by atoms with Crippen molar-refractivity contribution in [3.8, 4) is 11.5 Å². The lowest BCUT2D eigenvalue weighted by molar-refractivity contribution is -0.384. The molecular formula is C49H57ClN8O7S. The molecule has 3 saturated heterocycles. The van der Waals surface area contributed by atoms with Crippen molar-refractivity contribution < 1.29 is 27.6 Å². The minimum atomic E-state index is -4.57. The first-order chi connectivity index (χ1) is 31.7. The number of nitro benzene ring substituents is 1. The first-order valence-corrected chi connectivity index (χ1v) is 24.7. The highest BCUT2D eigenvalue weighted by atomic mass is 35.5. The predicted octanol–water partition coefficient (Wildman–Crippen LogP) is 8.73. The minimum Gasteiger partial charge on any atom is -0.455 e. The number of piperazine rings is 1. The monoisotopic (exact) mass is 936 g/mol. The van der Waals surface area contributed by atoms with Crippen LogP contribution in [-0.2, 0) is 14.8 Å². The van der Waals surface area contributed by atoms with Crippen LogP contribution in [-0.4, -0.2) is 110 Å². The standard InChI is InChI=1S/C49H57ClN8O7S/c1-32-28-57(21-20-56(32)29-36-12-16-49(2,3)25-43(36)34-4-6-37(50)7-5-34)38-8-10-42(46(23-38)65-40-22-35-13-17-51-47(35)53-27-40)48(59)54-66(62,63)41-9-11-44(45(24-41)58(60)61)52-26-33-14-18-55(19-15-33)39-30-64-31-39/h4-11,13,17,22-24,27,32-33,39,52H,12,14-16,18-21,25-26,28-31H2,1-3H3,(H,51,53)(H,54,59)/t32-/m1/s1. The summed E-state index contributed by atoms with van der Waals surface area (Å²) in [7, 11) is -4.57. The number of ether oxygens (including phenoxy) is 2. The number of nitro groups is 1. The smallest absolute Gasteiger partial charge is 0.293 e. The Kier molecular flexibility index (Phi) is 13.1. The number of likely N-dealkylation sites (tertiary alicyclic amines) is 1. The van der Waals surface area contributed by atoms with Gasteiger partial charge in [-0.05, 0) is 123 Å². The molecule has 3 aromatic carbocycles. The fraction of sp³-hybridized carbons (Fsp3) is 0.429. The highest BCUT2D eigenvalue weighted by molar-refractivity contribution is 7.90. The van der Waals surface area contributed by atoms with Crippen LogP contribution in [0, 0.1) is 21.4 Å². The minimum absolute atomic E-state index is 0.0336. The molecule has 2 aromatic heterocycles. The number of rotatable bonds is 14. The van der Waals surface area contributed by atoms with Crippen LogP contribution in [0.15, 0.2) is 95.7 Å². The van der Waals surface area contributed by atoms with E-state index in [4.69, 9.17) is 21.1 Å². The molecule has 0 saturated carbocycles. The number of allylic oxidation sites excluding steroid dienone is 1. The quantitative estimate of drug-likeness (QED) is 0.0715. The Hall–Kier alpha value is -5.52. The lowest BCUT2D eigenvalue weighted by atomic mass is 9.72. The Labute approximate surface area is 390 Å². The van der Waals surface area contributed by atoms with E-state index >= 15 is 0 Å². The van der Waals surface area contributed by atoms with E-state index < -0.39 is 31.4 Å². The number of sulfonamides is 1. The largest absolute Gasteiger partial charge is 0.455 e. The van der Waals surface area contributed by atoms with Gasteiger partial charge in [0.15, 0.2) is 0 Å². The summed E-state index contributed by atoms with van der Waals surface area (Å²) in [6.07, 6.45) is 8.37. The van der Waals surface area contributed by atoms with Crippen LogP contribution in [0.2, 0.25) is 5.02 Å². The lowest BCUT2D eigenvalue weighted by Crippen LogP contribution is -2.52. The number of nitrogens with zero attached hydrogens (tertiary/aromatic N) is 5. The number of hydrogen-bond acceptors (Lipinski definition) is 12. The summed E-state index contributed by atoms with van der Waals surface area (Å²) in [5.74, 6) is -0.150. The summed E-state index contributed by atoms with van der Waals surface area (Å²) < 4.78 is 41.5. The Balaban J connectivity index is 0.914. The van der Waals surface area contributed by atoms with E-state index in [-0.39, 0.29) is 28.5 Å². The number of carbonyl (C=O) groups excluding carboxylic acids is 1. The zero-order valence-corrected chi connectivity index (χ0v) is 39.2. The highest BCUT2D eigenvalue weighted by Gasteiger charge is 2.33. The van der Waals surface area contributed by atoms with Crippen molar-refractivity contribution in [3.05, 3.63) is 117 Å². The number of benzene rings is 3. The summed E-state index contributed by atoms with van der Waals surface area (Å²) in [6.45, 7) is 13.9. The molecule has 15 nitrogen and oxygen atoms in total. The molecule has 17 heteroatoms. The number of aromatic nitrogens is 2. The second kappa shape index (κ2) is 19.0. The molecule has 0 bridgehead atoms. The second-order valence-electron chi connectivity index (χ2n) is 19.0. The van der Waals surface area contributed by atoms with Gasteiger partial charge in [-0.3, -0.25) is 24.7 Å². The maximum absolute atomic E-state index is 14.0. The lowest BCUT2D eigenvalue weighted by Gasteiger charge is -2.43. The summed E-state index contributed by atoms with van der Waals surface area (Å²) in [6, 6.07) is 21.3. The molecule has 66 heavy (non-hydrogen) atoms. The molecule has 3 N–H and O–H groups in total. The Bertz CT molecular complexity index is 2750. The number of aromatic amines is 1. The van der Waals surface area contributed by atoms with Gasteiger partial charge < -0.3 is 24.7 Å². The first-order valence-electron chi connectivity index (χ1n) is 22.8. The van der Waals surface area contributed by atoms with Crippen molar-refractivity contribution >= 4 is 61.2 Å². The van der Waals surface area contributed by atoms with Crippen molar-refractivity contribution in [1.29, 1.82) is 0 Å². The number of H-pyrrole nitrogens is 1.